The number of aromatic amines is 1. The maximum absolute atomic E-state index is 13.4. The number of aromatic nitrogens is 1. The number of nitro groups is 1. The van der Waals surface area contributed by atoms with Crippen molar-refractivity contribution in [2.24, 2.45) is 0 Å². The van der Waals surface area contributed by atoms with Crippen molar-refractivity contribution in [3.63, 3.8) is 0 Å². The summed E-state index contributed by atoms with van der Waals surface area (Å²) >= 11 is 0. The van der Waals surface area contributed by atoms with E-state index in [0.717, 1.165) is 18.2 Å². The number of aromatic carboxylic acids is 1. The van der Waals surface area contributed by atoms with E-state index >= 15 is 0 Å². The molecule has 0 saturated carbocycles. The number of pyridine rings is 1. The molecule has 2 N–H and O–H groups in total. The summed E-state index contributed by atoms with van der Waals surface area (Å²) in [6, 6.07) is 8.86. The third-order valence-corrected chi connectivity index (χ3v) is 3.52. The maximum atomic E-state index is 13.4. The molecule has 0 atom stereocenters. The molecule has 3 aromatic rings. The summed E-state index contributed by atoms with van der Waals surface area (Å²) in [7, 11) is 0. The molecule has 7 nitrogen and oxygen atoms in total. The largest absolute Gasteiger partial charge is 0.477 e. The Balaban J connectivity index is 2.37. The van der Waals surface area contributed by atoms with Crippen LogP contribution in [0.15, 0.2) is 47.3 Å². The first-order valence-electron chi connectivity index (χ1n) is 6.71. The van der Waals surface area contributed by atoms with Crippen LogP contribution in [0, 0.1) is 15.9 Å². The molecule has 8 heteroatoms. The molecule has 1 aromatic heterocycles. The number of carboxylic acids is 1. The number of nitrogens with one attached hydrogen (secondary N) is 1. The number of H-pyrrole nitrogens is 1. The van der Waals surface area contributed by atoms with Crippen molar-refractivity contribution >= 4 is 22.6 Å². The zero-order valence-corrected chi connectivity index (χ0v) is 11.9. The zero-order chi connectivity index (χ0) is 17.4. The highest BCUT2D eigenvalue weighted by Gasteiger charge is 2.19. The van der Waals surface area contributed by atoms with Crippen LogP contribution in [0.1, 0.15) is 10.4 Å². The highest BCUT2D eigenvalue weighted by Crippen LogP contribution is 2.33. The number of hydrogen-bond donors (Lipinski definition) is 2. The van der Waals surface area contributed by atoms with E-state index in [1.807, 2.05) is 0 Å². The Labute approximate surface area is 133 Å². The molecule has 0 saturated heterocycles. The predicted molar refractivity (Wildman–Crippen MR) is 83.6 cm³/mol. The number of nitrogens with zero attached hydrogens (tertiary/aromatic N) is 1. The monoisotopic (exact) mass is 328 g/mol. The van der Waals surface area contributed by atoms with Crippen molar-refractivity contribution in [1.82, 2.24) is 4.98 Å². The summed E-state index contributed by atoms with van der Waals surface area (Å²) in [5.41, 5.74) is -1.16. The van der Waals surface area contributed by atoms with Crippen molar-refractivity contribution in [2.45, 2.75) is 0 Å². The lowest BCUT2D eigenvalue weighted by atomic mass is 10.0. The Bertz CT molecular complexity index is 1060. The van der Waals surface area contributed by atoms with E-state index in [1.54, 1.807) is 0 Å². The minimum atomic E-state index is -1.41. The first kappa shape index (κ1) is 15.3. The first-order valence-corrected chi connectivity index (χ1v) is 6.71. The Hall–Kier alpha value is -3.55. The van der Waals surface area contributed by atoms with E-state index < -0.39 is 27.8 Å². The average molecular weight is 328 g/mol. The van der Waals surface area contributed by atoms with Gasteiger partial charge in [-0.2, -0.15) is 0 Å². The van der Waals surface area contributed by atoms with Crippen LogP contribution >= 0.6 is 0 Å². The predicted octanol–water partition coefficient (Wildman–Crippen LogP) is 2.94. The molecule has 2 aromatic carbocycles. The lowest BCUT2D eigenvalue weighted by molar-refractivity contribution is -0.384. The summed E-state index contributed by atoms with van der Waals surface area (Å²) in [5, 5.41) is 20.6. The lowest BCUT2D eigenvalue weighted by Crippen LogP contribution is -2.17. The van der Waals surface area contributed by atoms with Gasteiger partial charge in [-0.3, -0.25) is 14.9 Å². The molecule has 0 fully saturated rings. The van der Waals surface area contributed by atoms with E-state index in [1.165, 1.54) is 24.3 Å². The summed E-state index contributed by atoms with van der Waals surface area (Å²) in [5.74, 6) is -1.97. The first-order chi connectivity index (χ1) is 11.4. The van der Waals surface area contributed by atoms with Crippen molar-refractivity contribution in [2.75, 3.05) is 0 Å². The van der Waals surface area contributed by atoms with Gasteiger partial charge in [0.25, 0.3) is 11.2 Å². The molecule has 0 spiro atoms. The van der Waals surface area contributed by atoms with Crippen LogP contribution in [-0.4, -0.2) is 21.0 Å². The van der Waals surface area contributed by atoms with Crippen molar-refractivity contribution in [3.8, 4) is 11.1 Å². The van der Waals surface area contributed by atoms with Gasteiger partial charge in [-0.05, 0) is 29.8 Å². The molecule has 0 radical (unpaired) electrons. The standard InChI is InChI=1S/C16H9FN2O5/c17-10-3-1-2-8(4-10)11-5-9-6-12(16(21)22)15(20)18-13(9)7-14(11)19(23)24/h1-7H,(H,18,20)(H,21,22). The van der Waals surface area contributed by atoms with Crippen LogP contribution in [0.2, 0.25) is 0 Å². The number of carbonyl (C=O) groups is 1. The van der Waals surface area contributed by atoms with Gasteiger partial charge in [-0.1, -0.05) is 12.1 Å². The van der Waals surface area contributed by atoms with Crippen LogP contribution in [0.5, 0.6) is 0 Å². The normalized spacial score (nSPS) is 10.7. The van der Waals surface area contributed by atoms with Gasteiger partial charge < -0.3 is 10.1 Å². The Kier molecular flexibility index (Phi) is 3.57. The second kappa shape index (κ2) is 5.58. The molecule has 120 valence electrons. The molecule has 0 amide bonds. The molecule has 0 bridgehead atoms. The second-order valence-electron chi connectivity index (χ2n) is 5.04. The van der Waals surface area contributed by atoms with Gasteiger partial charge in [0.15, 0.2) is 0 Å². The molecule has 3 rings (SSSR count). The molecule has 0 unspecified atom stereocenters. The molecule has 0 aliphatic heterocycles. The van der Waals surface area contributed by atoms with E-state index in [2.05, 4.69) is 4.98 Å². The van der Waals surface area contributed by atoms with Crippen molar-refractivity contribution in [1.29, 1.82) is 0 Å². The SMILES string of the molecule is O=C(O)c1cc2cc(-c3cccc(F)c3)c([N+](=O)[O-])cc2[nH]c1=O. The summed E-state index contributed by atoms with van der Waals surface area (Å²) in [6.45, 7) is 0. The van der Waals surface area contributed by atoms with Gasteiger partial charge in [-0.25, -0.2) is 9.18 Å². The van der Waals surface area contributed by atoms with Crippen LogP contribution in [0.4, 0.5) is 10.1 Å². The topological polar surface area (TPSA) is 113 Å². The minimum Gasteiger partial charge on any atom is -0.477 e. The fourth-order valence-electron chi connectivity index (χ4n) is 2.44. The molecule has 24 heavy (non-hydrogen) atoms. The van der Waals surface area contributed by atoms with Crippen LogP contribution in [0.25, 0.3) is 22.0 Å². The summed E-state index contributed by atoms with van der Waals surface area (Å²) in [6.07, 6.45) is 0. The summed E-state index contributed by atoms with van der Waals surface area (Å²) in [4.78, 5) is 35.7. The molecule has 0 aliphatic carbocycles. The highest BCUT2D eigenvalue weighted by molar-refractivity contribution is 5.95. The molecule has 0 aliphatic rings. The zero-order valence-electron chi connectivity index (χ0n) is 11.9. The number of hydrogen-bond acceptors (Lipinski definition) is 4. The number of fused-ring (bicyclic) bond motifs is 1. The lowest BCUT2D eigenvalue weighted by Gasteiger charge is -2.07. The van der Waals surface area contributed by atoms with Gasteiger partial charge in [0.2, 0.25) is 0 Å². The van der Waals surface area contributed by atoms with E-state index in [-0.39, 0.29) is 27.7 Å². The average Bonchev–Trinajstić information content (AvgIpc) is 2.52. The fraction of sp³-hybridized carbons (Fsp3) is 0. The van der Waals surface area contributed by atoms with Crippen LogP contribution in [0.3, 0.4) is 0 Å². The van der Waals surface area contributed by atoms with Crippen molar-refractivity contribution < 1.29 is 19.2 Å². The molecular weight excluding hydrogens is 319 g/mol. The third kappa shape index (κ3) is 2.60. The number of carboxylic acid groups (broad SMARTS) is 1. The number of nitro benzene ring substituents is 1. The Morgan fingerprint density at radius 2 is 1.96 bits per heavy atom. The highest BCUT2D eigenvalue weighted by atomic mass is 19.1. The van der Waals surface area contributed by atoms with Gasteiger partial charge in [0.1, 0.15) is 11.4 Å². The van der Waals surface area contributed by atoms with Crippen LogP contribution in [-0.2, 0) is 0 Å². The van der Waals surface area contributed by atoms with E-state index in [0.29, 0.717) is 0 Å². The molecular formula is C16H9FN2O5. The van der Waals surface area contributed by atoms with Crippen molar-refractivity contribution in [3.05, 3.63) is 74.3 Å². The maximum Gasteiger partial charge on any atom is 0.341 e. The third-order valence-electron chi connectivity index (χ3n) is 3.52. The summed E-state index contributed by atoms with van der Waals surface area (Å²) < 4.78 is 13.4. The van der Waals surface area contributed by atoms with Gasteiger partial charge in [0.05, 0.1) is 16.0 Å². The Morgan fingerprint density at radius 1 is 1.21 bits per heavy atom. The van der Waals surface area contributed by atoms with Crippen LogP contribution < -0.4 is 5.56 Å². The quantitative estimate of drug-likeness (QED) is 0.567. The van der Waals surface area contributed by atoms with E-state index in [4.69, 9.17) is 5.11 Å². The number of halogens is 1. The van der Waals surface area contributed by atoms with Gasteiger partial charge in [-0.15, -0.1) is 0 Å². The van der Waals surface area contributed by atoms with Gasteiger partial charge >= 0.3 is 5.97 Å². The number of benzene rings is 2. The fourth-order valence-corrected chi connectivity index (χ4v) is 2.44. The van der Waals surface area contributed by atoms with E-state index in [9.17, 15) is 24.1 Å². The smallest absolute Gasteiger partial charge is 0.341 e. The Morgan fingerprint density at radius 3 is 2.58 bits per heavy atom. The second-order valence-corrected chi connectivity index (χ2v) is 5.04. The van der Waals surface area contributed by atoms with Gasteiger partial charge in [0, 0.05) is 11.5 Å². The number of rotatable bonds is 3. The molecule has 1 heterocycles. The minimum absolute atomic E-state index is 0.121.